The van der Waals surface area contributed by atoms with E-state index >= 15 is 0 Å². The Balaban J connectivity index is 1.71. The van der Waals surface area contributed by atoms with Crippen LogP contribution in [0.25, 0.3) is 0 Å². The molecule has 0 aromatic heterocycles. The summed E-state index contributed by atoms with van der Waals surface area (Å²) < 4.78 is 64.1. The van der Waals surface area contributed by atoms with E-state index in [4.69, 9.17) is 9.47 Å². The average Bonchev–Trinajstić information content (AvgIpc) is 2.83. The van der Waals surface area contributed by atoms with Crippen molar-refractivity contribution in [2.45, 2.75) is 31.6 Å². The van der Waals surface area contributed by atoms with Crippen LogP contribution in [0.15, 0.2) is 41.3 Å². The number of benzene rings is 2. The molecule has 1 fully saturated rings. The second-order valence-corrected chi connectivity index (χ2v) is 12.4. The van der Waals surface area contributed by atoms with Crippen molar-refractivity contribution in [1.82, 2.24) is 4.31 Å². The lowest BCUT2D eigenvalue weighted by Gasteiger charge is -2.26. The van der Waals surface area contributed by atoms with Crippen LogP contribution in [0.3, 0.4) is 0 Å². The summed E-state index contributed by atoms with van der Waals surface area (Å²) in [6, 6.07) is 9.76. The van der Waals surface area contributed by atoms with Crippen LogP contribution in [0.2, 0.25) is 0 Å². The summed E-state index contributed by atoms with van der Waals surface area (Å²) in [5, 5.41) is 2.71. The fraction of sp³-hybridized carbons (Fsp3) is 0.458. The lowest BCUT2D eigenvalue weighted by atomic mass is 10.1. The van der Waals surface area contributed by atoms with Gasteiger partial charge in [0.05, 0.1) is 42.8 Å². The van der Waals surface area contributed by atoms with E-state index in [1.54, 1.807) is 12.1 Å². The van der Waals surface area contributed by atoms with E-state index < -0.39 is 20.0 Å². The molecule has 198 valence electrons. The number of carbonyl (C=O) groups is 1. The first kappa shape index (κ1) is 27.9. The molecule has 0 unspecified atom stereocenters. The van der Waals surface area contributed by atoms with Gasteiger partial charge in [-0.05, 0) is 55.7 Å². The van der Waals surface area contributed by atoms with Gasteiger partial charge >= 0.3 is 0 Å². The highest BCUT2D eigenvalue weighted by Crippen LogP contribution is 2.30. The first-order chi connectivity index (χ1) is 16.9. The van der Waals surface area contributed by atoms with Crippen molar-refractivity contribution in [2.24, 2.45) is 0 Å². The number of ether oxygens (including phenoxy) is 2. The smallest absolute Gasteiger partial charge is 0.243 e. The van der Waals surface area contributed by atoms with Gasteiger partial charge in [-0.1, -0.05) is 12.1 Å². The van der Waals surface area contributed by atoms with E-state index in [0.717, 1.165) is 17.4 Å². The lowest BCUT2D eigenvalue weighted by molar-refractivity contribution is -0.116. The third-order valence-electron chi connectivity index (χ3n) is 6.06. The van der Waals surface area contributed by atoms with E-state index in [0.29, 0.717) is 24.7 Å². The Morgan fingerprint density at radius 2 is 1.81 bits per heavy atom. The van der Waals surface area contributed by atoms with Crippen molar-refractivity contribution in [1.29, 1.82) is 0 Å². The normalized spacial score (nSPS) is 14.9. The Hall–Kier alpha value is -2.67. The van der Waals surface area contributed by atoms with Crippen LogP contribution >= 0.6 is 0 Å². The van der Waals surface area contributed by atoms with Crippen molar-refractivity contribution in [3.05, 3.63) is 47.5 Å². The number of rotatable bonds is 10. The van der Waals surface area contributed by atoms with E-state index in [-0.39, 0.29) is 49.0 Å². The van der Waals surface area contributed by atoms with Crippen LogP contribution in [-0.2, 0) is 29.6 Å². The number of sulfonamides is 2. The van der Waals surface area contributed by atoms with Crippen molar-refractivity contribution >= 4 is 37.3 Å². The van der Waals surface area contributed by atoms with Crippen LogP contribution in [-0.4, -0.2) is 73.3 Å². The van der Waals surface area contributed by atoms with Gasteiger partial charge in [0.15, 0.2) is 0 Å². The SMILES string of the molecule is COc1ccc(S(=O)(=O)N2CCOCC2)cc1NC(=O)CCCN(c1cccc(C)c1C)S(C)(=O)=O. The van der Waals surface area contributed by atoms with Crippen LogP contribution < -0.4 is 14.4 Å². The molecule has 1 N–H and O–H groups in total. The molecule has 2 aromatic rings. The monoisotopic (exact) mass is 539 g/mol. The van der Waals surface area contributed by atoms with E-state index in [1.807, 2.05) is 19.9 Å². The molecule has 3 rings (SSSR count). The fourth-order valence-corrected chi connectivity index (χ4v) is 6.40. The van der Waals surface area contributed by atoms with Crippen molar-refractivity contribution in [3.8, 4) is 5.75 Å². The van der Waals surface area contributed by atoms with Gasteiger partial charge in [0.25, 0.3) is 0 Å². The molecule has 2 aromatic carbocycles. The molecule has 0 aliphatic carbocycles. The van der Waals surface area contributed by atoms with E-state index in [9.17, 15) is 21.6 Å². The summed E-state index contributed by atoms with van der Waals surface area (Å²) in [4.78, 5) is 12.8. The van der Waals surface area contributed by atoms with Gasteiger partial charge in [-0.2, -0.15) is 4.31 Å². The second-order valence-electron chi connectivity index (χ2n) is 8.58. The highest BCUT2D eigenvalue weighted by Gasteiger charge is 2.27. The van der Waals surface area contributed by atoms with Crippen LogP contribution in [0, 0.1) is 13.8 Å². The molecule has 1 heterocycles. The zero-order chi connectivity index (χ0) is 26.5. The van der Waals surface area contributed by atoms with Gasteiger partial charge in [-0.25, -0.2) is 16.8 Å². The van der Waals surface area contributed by atoms with Gasteiger partial charge in [-0.3, -0.25) is 9.10 Å². The van der Waals surface area contributed by atoms with E-state index in [1.165, 1.54) is 33.9 Å². The number of amides is 1. The third-order valence-corrected chi connectivity index (χ3v) is 9.14. The maximum atomic E-state index is 13.0. The maximum absolute atomic E-state index is 13.0. The molecule has 10 nitrogen and oxygen atoms in total. The molecule has 1 aliphatic rings. The number of hydrogen-bond donors (Lipinski definition) is 1. The molecule has 0 saturated carbocycles. The second kappa shape index (κ2) is 11.6. The topological polar surface area (TPSA) is 122 Å². The minimum Gasteiger partial charge on any atom is -0.495 e. The van der Waals surface area contributed by atoms with Crippen molar-refractivity contribution in [3.63, 3.8) is 0 Å². The Kier molecular flexibility index (Phi) is 8.98. The van der Waals surface area contributed by atoms with Crippen molar-refractivity contribution < 1.29 is 31.1 Å². The minimum atomic E-state index is -3.76. The molecule has 0 radical (unpaired) electrons. The molecule has 12 heteroatoms. The standard InChI is InChI=1S/C24H33N3O7S2/c1-18-7-5-8-22(19(18)2)27(35(4,29)30)12-6-9-24(28)25-21-17-20(10-11-23(21)33-3)36(31,32)26-13-15-34-16-14-26/h5,7-8,10-11,17H,6,9,12-16H2,1-4H3,(H,25,28). The zero-order valence-electron chi connectivity index (χ0n) is 21.0. The maximum Gasteiger partial charge on any atom is 0.243 e. The fourth-order valence-electron chi connectivity index (χ4n) is 3.95. The molecule has 0 bridgehead atoms. The highest BCUT2D eigenvalue weighted by atomic mass is 32.2. The molecular formula is C24H33N3O7S2. The predicted octanol–water partition coefficient (Wildman–Crippen LogP) is 2.52. The Labute approximate surface area is 213 Å². The van der Waals surface area contributed by atoms with Gasteiger partial charge in [-0.15, -0.1) is 0 Å². The summed E-state index contributed by atoms with van der Waals surface area (Å²) in [5.41, 5.74) is 2.64. The quantitative estimate of drug-likeness (QED) is 0.492. The molecule has 1 aliphatic heterocycles. The summed E-state index contributed by atoms with van der Waals surface area (Å²) in [7, 11) is -5.89. The number of hydrogen-bond acceptors (Lipinski definition) is 7. The highest BCUT2D eigenvalue weighted by molar-refractivity contribution is 7.92. The Morgan fingerprint density at radius 3 is 2.44 bits per heavy atom. The summed E-state index contributed by atoms with van der Waals surface area (Å²) in [5.74, 6) is -0.0685. The number of nitrogens with zero attached hydrogens (tertiary/aromatic N) is 2. The number of carbonyl (C=O) groups excluding carboxylic acids is 1. The first-order valence-corrected chi connectivity index (χ1v) is 14.8. The van der Waals surface area contributed by atoms with Crippen molar-refractivity contribution in [2.75, 3.05) is 55.8 Å². The summed E-state index contributed by atoms with van der Waals surface area (Å²) in [6.07, 6.45) is 1.43. The first-order valence-electron chi connectivity index (χ1n) is 11.5. The molecule has 36 heavy (non-hydrogen) atoms. The molecule has 0 spiro atoms. The zero-order valence-corrected chi connectivity index (χ0v) is 22.6. The van der Waals surface area contributed by atoms with Gasteiger partial charge in [0.1, 0.15) is 5.75 Å². The predicted molar refractivity (Wildman–Crippen MR) is 139 cm³/mol. The minimum absolute atomic E-state index is 0.0283. The number of aryl methyl sites for hydroxylation is 1. The van der Waals surface area contributed by atoms with Gasteiger partial charge in [0.2, 0.25) is 26.0 Å². The largest absolute Gasteiger partial charge is 0.495 e. The third kappa shape index (κ3) is 6.55. The van der Waals surface area contributed by atoms with Gasteiger partial charge < -0.3 is 14.8 Å². The Bertz CT molecular complexity index is 1300. The summed E-state index contributed by atoms with van der Waals surface area (Å²) >= 11 is 0. The van der Waals surface area contributed by atoms with E-state index in [2.05, 4.69) is 5.32 Å². The number of nitrogens with one attached hydrogen (secondary N) is 1. The number of methoxy groups -OCH3 is 1. The van der Waals surface area contributed by atoms with Gasteiger partial charge in [0, 0.05) is 26.1 Å². The molecular weight excluding hydrogens is 506 g/mol. The average molecular weight is 540 g/mol. The van der Waals surface area contributed by atoms with Crippen LogP contribution in [0.5, 0.6) is 5.75 Å². The molecule has 1 amide bonds. The molecule has 1 saturated heterocycles. The van der Waals surface area contributed by atoms with Crippen LogP contribution in [0.4, 0.5) is 11.4 Å². The lowest BCUT2D eigenvalue weighted by Crippen LogP contribution is -2.40. The molecule has 0 atom stereocenters. The number of anilines is 2. The Morgan fingerprint density at radius 1 is 1.11 bits per heavy atom. The number of morpholine rings is 1. The van der Waals surface area contributed by atoms with Crippen LogP contribution in [0.1, 0.15) is 24.0 Å². The summed E-state index contributed by atoms with van der Waals surface area (Å²) in [6.45, 7) is 5.06.